The first-order valence-electron chi connectivity index (χ1n) is 6.81. The molecule has 0 bridgehead atoms. The molecule has 0 spiro atoms. The van der Waals surface area contributed by atoms with Crippen LogP contribution in [0.1, 0.15) is 11.1 Å². The number of rotatable bonds is 6. The van der Waals surface area contributed by atoms with E-state index < -0.39 is 17.5 Å². The first kappa shape index (κ1) is 16.7. The lowest BCUT2D eigenvalue weighted by molar-refractivity contribution is -0.384. The van der Waals surface area contributed by atoms with Crippen LogP contribution in [0.2, 0.25) is 0 Å². The molecule has 0 aliphatic heterocycles. The molecule has 1 N–H and O–H groups in total. The lowest BCUT2D eigenvalue weighted by atomic mass is 10.0. The number of hydrogen-bond acceptors (Lipinski definition) is 5. The largest absolute Gasteiger partial charge is 0.481 e. The number of allylic oxidation sites excluding steroid dienone is 1. The third kappa shape index (κ3) is 4.18. The number of nitro groups is 1. The molecule has 24 heavy (non-hydrogen) atoms. The second-order valence-corrected chi connectivity index (χ2v) is 4.69. The molecule has 120 valence electrons. The summed E-state index contributed by atoms with van der Waals surface area (Å²) in [6.07, 6.45) is 1.54. The lowest BCUT2D eigenvalue weighted by Gasteiger charge is -2.07. The summed E-state index contributed by atoms with van der Waals surface area (Å²) in [5.41, 5.74) is 1.25. The molecule has 2 rings (SSSR count). The second-order valence-electron chi connectivity index (χ2n) is 4.69. The number of non-ortho nitro benzene ring substituents is 1. The number of hydrogen-bond donors (Lipinski definition) is 1. The van der Waals surface area contributed by atoms with Crippen molar-refractivity contribution in [1.29, 1.82) is 5.26 Å². The highest BCUT2D eigenvalue weighted by atomic mass is 16.6. The molecule has 0 atom stereocenters. The third-order valence-electron chi connectivity index (χ3n) is 3.08. The highest BCUT2D eigenvalue weighted by molar-refractivity contribution is 5.90. The Labute approximate surface area is 137 Å². The zero-order chi connectivity index (χ0) is 17.5. The summed E-state index contributed by atoms with van der Waals surface area (Å²) in [5, 5.41) is 28.7. The number of aliphatic carboxylic acids is 1. The van der Waals surface area contributed by atoms with Gasteiger partial charge in [-0.1, -0.05) is 18.2 Å². The molecular weight excluding hydrogens is 312 g/mol. The molecule has 0 heterocycles. The van der Waals surface area contributed by atoms with Crippen molar-refractivity contribution in [1.82, 2.24) is 0 Å². The van der Waals surface area contributed by atoms with Crippen LogP contribution in [0, 0.1) is 21.4 Å². The average molecular weight is 324 g/mol. The van der Waals surface area contributed by atoms with Crippen molar-refractivity contribution in [3.8, 4) is 11.8 Å². The van der Waals surface area contributed by atoms with Gasteiger partial charge in [-0.15, -0.1) is 0 Å². The zero-order valence-electron chi connectivity index (χ0n) is 12.4. The maximum Gasteiger partial charge on any atom is 0.341 e. The predicted molar refractivity (Wildman–Crippen MR) is 86.2 cm³/mol. The maximum absolute atomic E-state index is 10.7. The molecule has 2 aromatic carbocycles. The van der Waals surface area contributed by atoms with Gasteiger partial charge in [0.2, 0.25) is 0 Å². The van der Waals surface area contributed by atoms with Crippen LogP contribution in [0.4, 0.5) is 5.69 Å². The molecule has 0 saturated carbocycles. The van der Waals surface area contributed by atoms with E-state index in [0.29, 0.717) is 16.9 Å². The summed E-state index contributed by atoms with van der Waals surface area (Å²) in [6, 6.07) is 14.3. The van der Waals surface area contributed by atoms with Crippen LogP contribution < -0.4 is 4.74 Å². The molecular formula is C17H12N2O5. The fourth-order valence-electron chi connectivity index (χ4n) is 1.97. The van der Waals surface area contributed by atoms with Crippen LogP contribution in [0.5, 0.6) is 5.75 Å². The highest BCUT2D eigenvalue weighted by Gasteiger charge is 2.09. The number of nitrogens with zero attached hydrogens (tertiary/aromatic N) is 2. The van der Waals surface area contributed by atoms with E-state index in [1.807, 2.05) is 6.07 Å². The molecule has 0 fully saturated rings. The van der Waals surface area contributed by atoms with E-state index in [9.17, 15) is 20.2 Å². The summed E-state index contributed by atoms with van der Waals surface area (Å²) in [6.45, 7) is -0.496. The van der Waals surface area contributed by atoms with Crippen molar-refractivity contribution in [3.63, 3.8) is 0 Å². The normalized spacial score (nSPS) is 10.7. The number of carboxylic acid groups (broad SMARTS) is 1. The molecule has 0 unspecified atom stereocenters. The van der Waals surface area contributed by atoms with E-state index >= 15 is 0 Å². The number of benzene rings is 2. The van der Waals surface area contributed by atoms with E-state index in [1.54, 1.807) is 30.3 Å². The van der Waals surface area contributed by atoms with E-state index in [2.05, 4.69) is 0 Å². The second kappa shape index (κ2) is 7.56. The van der Waals surface area contributed by atoms with Gasteiger partial charge in [-0.05, 0) is 29.8 Å². The van der Waals surface area contributed by atoms with Gasteiger partial charge in [0.15, 0.2) is 6.61 Å². The molecule has 7 heteroatoms. The Bertz CT molecular complexity index is 835. The Morgan fingerprint density at radius 1 is 1.25 bits per heavy atom. The number of nitriles is 1. The van der Waals surface area contributed by atoms with Crippen molar-refractivity contribution < 1.29 is 19.6 Å². The molecule has 0 aliphatic rings. The van der Waals surface area contributed by atoms with E-state index in [1.165, 1.54) is 24.3 Å². The fraction of sp³-hybridized carbons (Fsp3) is 0.0588. The third-order valence-corrected chi connectivity index (χ3v) is 3.08. The number of para-hydroxylation sites is 1. The molecule has 0 aromatic heterocycles. The van der Waals surface area contributed by atoms with Gasteiger partial charge >= 0.3 is 5.97 Å². The topological polar surface area (TPSA) is 113 Å². The fourth-order valence-corrected chi connectivity index (χ4v) is 1.97. The van der Waals surface area contributed by atoms with Crippen molar-refractivity contribution in [2.24, 2.45) is 0 Å². The van der Waals surface area contributed by atoms with Crippen molar-refractivity contribution >= 4 is 23.3 Å². The number of ether oxygens (including phenoxy) is 1. The van der Waals surface area contributed by atoms with Gasteiger partial charge in [0.1, 0.15) is 5.75 Å². The summed E-state index contributed by atoms with van der Waals surface area (Å²) in [4.78, 5) is 20.8. The lowest BCUT2D eigenvalue weighted by Crippen LogP contribution is -2.09. The van der Waals surface area contributed by atoms with Gasteiger partial charge < -0.3 is 9.84 Å². The Balaban J connectivity index is 2.35. The highest BCUT2D eigenvalue weighted by Crippen LogP contribution is 2.25. The molecule has 0 aliphatic carbocycles. The summed E-state index contributed by atoms with van der Waals surface area (Å²) in [7, 11) is 0. The van der Waals surface area contributed by atoms with Gasteiger partial charge in [-0.2, -0.15) is 5.26 Å². The van der Waals surface area contributed by atoms with E-state index in [4.69, 9.17) is 9.84 Å². The van der Waals surface area contributed by atoms with Gasteiger partial charge in [0.25, 0.3) is 5.69 Å². The molecule has 2 aromatic rings. The number of carbonyl (C=O) groups is 1. The van der Waals surface area contributed by atoms with E-state index in [-0.39, 0.29) is 11.3 Å². The van der Waals surface area contributed by atoms with Crippen LogP contribution in [-0.4, -0.2) is 22.6 Å². The van der Waals surface area contributed by atoms with Gasteiger partial charge in [-0.25, -0.2) is 4.79 Å². The molecule has 7 nitrogen and oxygen atoms in total. The Morgan fingerprint density at radius 2 is 1.92 bits per heavy atom. The van der Waals surface area contributed by atoms with Crippen molar-refractivity contribution in [2.75, 3.05) is 6.61 Å². The standard InChI is InChI=1S/C17H12N2O5/c18-10-14(12-5-7-15(8-6-12)19(22)23)9-13-3-1-2-4-16(13)24-11-17(20)21/h1-9H,11H2,(H,20,21)/b14-9+. The smallest absolute Gasteiger partial charge is 0.341 e. The van der Waals surface area contributed by atoms with Crippen LogP contribution in [0.3, 0.4) is 0 Å². The van der Waals surface area contributed by atoms with Crippen LogP contribution in [0.15, 0.2) is 48.5 Å². The molecule has 0 saturated heterocycles. The van der Waals surface area contributed by atoms with Gasteiger partial charge in [-0.3, -0.25) is 10.1 Å². The number of carboxylic acids is 1. The first-order chi connectivity index (χ1) is 11.5. The number of nitro benzene ring substituents is 1. The summed E-state index contributed by atoms with van der Waals surface area (Å²) >= 11 is 0. The van der Waals surface area contributed by atoms with Gasteiger partial charge in [0.05, 0.1) is 16.6 Å². The summed E-state index contributed by atoms with van der Waals surface area (Å²) in [5.74, 6) is -0.779. The average Bonchev–Trinajstić information content (AvgIpc) is 2.58. The minimum atomic E-state index is -1.11. The van der Waals surface area contributed by atoms with Crippen LogP contribution in [0.25, 0.3) is 11.6 Å². The van der Waals surface area contributed by atoms with Crippen LogP contribution >= 0.6 is 0 Å². The van der Waals surface area contributed by atoms with Crippen molar-refractivity contribution in [2.45, 2.75) is 0 Å². The van der Waals surface area contributed by atoms with E-state index in [0.717, 1.165) is 0 Å². The SMILES string of the molecule is N#C/C(=C\c1ccccc1OCC(=O)O)c1ccc([N+](=O)[O-])cc1. The minimum absolute atomic E-state index is 0.0683. The Hall–Kier alpha value is -3.66. The Kier molecular flexibility index (Phi) is 5.26. The molecule has 0 radical (unpaired) electrons. The first-order valence-corrected chi connectivity index (χ1v) is 6.81. The maximum atomic E-state index is 10.7. The van der Waals surface area contributed by atoms with Crippen molar-refractivity contribution in [3.05, 3.63) is 69.8 Å². The quantitative estimate of drug-likeness (QED) is 0.378. The Morgan fingerprint density at radius 3 is 2.50 bits per heavy atom. The predicted octanol–water partition coefficient (Wildman–Crippen LogP) is 3.12. The summed E-state index contributed by atoms with van der Waals surface area (Å²) < 4.78 is 5.19. The van der Waals surface area contributed by atoms with Crippen LogP contribution in [-0.2, 0) is 4.79 Å². The zero-order valence-corrected chi connectivity index (χ0v) is 12.4. The monoisotopic (exact) mass is 324 g/mol. The molecule has 0 amide bonds. The van der Waals surface area contributed by atoms with Gasteiger partial charge in [0, 0.05) is 17.7 Å². The minimum Gasteiger partial charge on any atom is -0.481 e.